The Kier molecular flexibility index (Phi) is 5.76. The van der Waals surface area contributed by atoms with Crippen molar-refractivity contribution in [3.8, 4) is 12.3 Å². The molecule has 0 aliphatic heterocycles. The smallest absolute Gasteiger partial charge is 0.293 e. The predicted molar refractivity (Wildman–Crippen MR) is 74.3 cm³/mol. The molecule has 0 aliphatic rings. The van der Waals surface area contributed by atoms with Crippen LogP contribution >= 0.6 is 23.2 Å². The number of benzene rings is 1. The quantitative estimate of drug-likeness (QED) is 0.370. The number of halogens is 2. The molecule has 0 aromatic heterocycles. The van der Waals surface area contributed by atoms with Crippen LogP contribution in [0, 0.1) is 22.5 Å². The number of nitrogens with one attached hydrogen (secondary N) is 1. The summed E-state index contributed by atoms with van der Waals surface area (Å²) < 4.78 is 0. The summed E-state index contributed by atoms with van der Waals surface area (Å²) >= 11 is 11.6. The van der Waals surface area contributed by atoms with Crippen LogP contribution in [0.2, 0.25) is 10.0 Å². The summed E-state index contributed by atoms with van der Waals surface area (Å²) in [4.78, 5) is 10.4. The number of anilines is 1. The van der Waals surface area contributed by atoms with Gasteiger partial charge < -0.3 is 5.32 Å². The Labute approximate surface area is 115 Å². The molecule has 0 heterocycles. The second-order valence-corrected chi connectivity index (χ2v) is 4.44. The Morgan fingerprint density at radius 1 is 1.33 bits per heavy atom. The lowest BCUT2D eigenvalue weighted by atomic mass is 10.2. The van der Waals surface area contributed by atoms with Crippen molar-refractivity contribution < 1.29 is 4.92 Å². The first-order chi connectivity index (χ1) is 8.56. The van der Waals surface area contributed by atoms with Crippen LogP contribution in [0.3, 0.4) is 0 Å². The molecular weight excluding hydrogens is 275 g/mol. The number of rotatable bonds is 6. The van der Waals surface area contributed by atoms with E-state index >= 15 is 0 Å². The molecule has 0 spiro atoms. The fourth-order valence-electron chi connectivity index (χ4n) is 1.40. The van der Waals surface area contributed by atoms with E-state index in [0.717, 1.165) is 12.8 Å². The van der Waals surface area contributed by atoms with Gasteiger partial charge in [0.1, 0.15) is 5.69 Å². The molecule has 0 aliphatic carbocycles. The van der Waals surface area contributed by atoms with Crippen LogP contribution in [-0.4, -0.2) is 11.5 Å². The minimum Gasteiger partial charge on any atom is -0.379 e. The zero-order valence-electron chi connectivity index (χ0n) is 9.58. The predicted octanol–water partition coefficient (Wildman–Crippen LogP) is 4.12. The van der Waals surface area contributed by atoms with Crippen molar-refractivity contribution in [2.75, 3.05) is 11.9 Å². The first-order valence-electron chi connectivity index (χ1n) is 5.37. The van der Waals surface area contributed by atoms with Gasteiger partial charge in [0, 0.05) is 19.0 Å². The van der Waals surface area contributed by atoms with Crippen molar-refractivity contribution in [2.24, 2.45) is 0 Å². The fourth-order valence-corrected chi connectivity index (χ4v) is 1.73. The Morgan fingerprint density at radius 2 is 2.00 bits per heavy atom. The molecule has 0 bridgehead atoms. The molecule has 96 valence electrons. The fraction of sp³-hybridized carbons (Fsp3) is 0.333. The topological polar surface area (TPSA) is 55.2 Å². The average Bonchev–Trinajstić information content (AvgIpc) is 2.32. The Hall–Kier alpha value is -1.44. The average molecular weight is 287 g/mol. The normalized spacial score (nSPS) is 9.83. The lowest BCUT2D eigenvalue weighted by Gasteiger charge is -2.07. The SMILES string of the molecule is C#CCCCCNc1cc(Cl)c(Cl)cc1[N+](=O)[O-]. The van der Waals surface area contributed by atoms with Gasteiger partial charge in [-0.2, -0.15) is 0 Å². The second kappa shape index (κ2) is 7.10. The molecule has 1 aromatic carbocycles. The van der Waals surface area contributed by atoms with Crippen molar-refractivity contribution >= 4 is 34.6 Å². The number of nitrogens with zero attached hydrogens (tertiary/aromatic N) is 1. The monoisotopic (exact) mass is 286 g/mol. The number of nitro benzene ring substituents is 1. The van der Waals surface area contributed by atoms with Crippen LogP contribution in [0.4, 0.5) is 11.4 Å². The highest BCUT2D eigenvalue weighted by atomic mass is 35.5. The van der Waals surface area contributed by atoms with Crippen molar-refractivity contribution in [3.05, 3.63) is 32.3 Å². The highest BCUT2D eigenvalue weighted by Crippen LogP contribution is 2.33. The van der Waals surface area contributed by atoms with Crippen LogP contribution in [0.1, 0.15) is 19.3 Å². The van der Waals surface area contributed by atoms with Gasteiger partial charge in [-0.05, 0) is 18.9 Å². The van der Waals surface area contributed by atoms with E-state index in [0.29, 0.717) is 18.7 Å². The van der Waals surface area contributed by atoms with Gasteiger partial charge in [-0.3, -0.25) is 10.1 Å². The molecule has 6 heteroatoms. The second-order valence-electron chi connectivity index (χ2n) is 3.63. The first kappa shape index (κ1) is 14.6. The van der Waals surface area contributed by atoms with Crippen LogP contribution in [0.15, 0.2) is 12.1 Å². The van der Waals surface area contributed by atoms with E-state index in [1.165, 1.54) is 12.1 Å². The largest absolute Gasteiger partial charge is 0.379 e. The summed E-state index contributed by atoms with van der Waals surface area (Å²) in [6.07, 6.45) is 7.54. The standard InChI is InChI=1S/C12H12Cl2N2O2/c1-2-3-4-5-6-15-11-7-9(13)10(14)8-12(11)16(17)18/h1,7-8,15H,3-6H2. The van der Waals surface area contributed by atoms with Crippen LogP contribution in [0.5, 0.6) is 0 Å². The van der Waals surface area contributed by atoms with Crippen LogP contribution in [-0.2, 0) is 0 Å². The summed E-state index contributed by atoms with van der Waals surface area (Å²) in [5, 5.41) is 14.3. The zero-order valence-corrected chi connectivity index (χ0v) is 11.1. The third-order valence-corrected chi connectivity index (χ3v) is 3.02. The summed E-state index contributed by atoms with van der Waals surface area (Å²) in [5.41, 5.74) is 0.288. The molecule has 4 nitrogen and oxygen atoms in total. The zero-order chi connectivity index (χ0) is 13.5. The van der Waals surface area contributed by atoms with Gasteiger partial charge in [0.15, 0.2) is 0 Å². The first-order valence-corrected chi connectivity index (χ1v) is 6.12. The molecule has 0 amide bonds. The van der Waals surface area contributed by atoms with Crippen molar-refractivity contribution in [1.29, 1.82) is 0 Å². The van der Waals surface area contributed by atoms with Gasteiger partial charge in [-0.1, -0.05) is 23.2 Å². The Balaban J connectivity index is 2.72. The van der Waals surface area contributed by atoms with E-state index < -0.39 is 4.92 Å². The summed E-state index contributed by atoms with van der Waals surface area (Å²) in [6, 6.07) is 2.71. The number of unbranched alkanes of at least 4 members (excludes halogenated alkanes) is 2. The molecule has 0 saturated heterocycles. The molecule has 1 rings (SSSR count). The van der Waals surface area contributed by atoms with E-state index in [4.69, 9.17) is 29.6 Å². The van der Waals surface area contributed by atoms with E-state index in [1.807, 2.05) is 0 Å². The molecule has 0 saturated carbocycles. The number of terminal acetylenes is 1. The van der Waals surface area contributed by atoms with Gasteiger partial charge in [0.2, 0.25) is 0 Å². The Morgan fingerprint density at radius 3 is 2.61 bits per heavy atom. The summed E-state index contributed by atoms with van der Waals surface area (Å²) in [5.74, 6) is 2.54. The van der Waals surface area contributed by atoms with E-state index in [1.54, 1.807) is 0 Å². The highest BCUT2D eigenvalue weighted by Gasteiger charge is 2.16. The number of hydrogen-bond acceptors (Lipinski definition) is 3. The minimum absolute atomic E-state index is 0.0821. The molecule has 0 unspecified atom stereocenters. The van der Waals surface area contributed by atoms with Crippen molar-refractivity contribution in [3.63, 3.8) is 0 Å². The maximum absolute atomic E-state index is 10.9. The van der Waals surface area contributed by atoms with Crippen LogP contribution < -0.4 is 5.32 Å². The summed E-state index contributed by atoms with van der Waals surface area (Å²) in [6.45, 7) is 0.598. The lowest BCUT2D eigenvalue weighted by molar-refractivity contribution is -0.383. The molecule has 18 heavy (non-hydrogen) atoms. The van der Waals surface area contributed by atoms with Gasteiger partial charge in [-0.25, -0.2) is 0 Å². The lowest BCUT2D eigenvalue weighted by Crippen LogP contribution is -2.04. The maximum atomic E-state index is 10.9. The van der Waals surface area contributed by atoms with E-state index in [-0.39, 0.29) is 15.7 Å². The Bertz CT molecular complexity index is 484. The van der Waals surface area contributed by atoms with Crippen molar-refractivity contribution in [1.82, 2.24) is 0 Å². The van der Waals surface area contributed by atoms with Gasteiger partial charge >= 0.3 is 0 Å². The third-order valence-electron chi connectivity index (χ3n) is 2.30. The molecule has 1 aromatic rings. The van der Waals surface area contributed by atoms with Crippen molar-refractivity contribution in [2.45, 2.75) is 19.3 Å². The third kappa shape index (κ3) is 4.10. The van der Waals surface area contributed by atoms with E-state index in [9.17, 15) is 10.1 Å². The maximum Gasteiger partial charge on any atom is 0.293 e. The molecule has 0 atom stereocenters. The van der Waals surface area contributed by atoms with E-state index in [2.05, 4.69) is 11.2 Å². The summed E-state index contributed by atoms with van der Waals surface area (Å²) in [7, 11) is 0. The molecule has 1 N–H and O–H groups in total. The van der Waals surface area contributed by atoms with Gasteiger partial charge in [0.25, 0.3) is 5.69 Å². The molecule has 0 radical (unpaired) electrons. The highest BCUT2D eigenvalue weighted by molar-refractivity contribution is 6.42. The number of hydrogen-bond donors (Lipinski definition) is 1. The van der Waals surface area contributed by atoms with Gasteiger partial charge in [-0.15, -0.1) is 12.3 Å². The molecule has 0 fully saturated rings. The van der Waals surface area contributed by atoms with Crippen LogP contribution in [0.25, 0.3) is 0 Å². The van der Waals surface area contributed by atoms with Gasteiger partial charge in [0.05, 0.1) is 15.0 Å². The molecular formula is C12H12Cl2N2O2. The number of nitro groups is 1. The minimum atomic E-state index is -0.494.